The molecule has 2 aromatic carbocycles. The van der Waals surface area contributed by atoms with Crippen LogP contribution in [-0.2, 0) is 10.0 Å². The van der Waals surface area contributed by atoms with Gasteiger partial charge < -0.3 is 0 Å². The Morgan fingerprint density at radius 1 is 1.04 bits per heavy atom. The monoisotopic (exact) mass is 364 g/mol. The van der Waals surface area contributed by atoms with E-state index in [1.807, 2.05) is 0 Å². The smallest absolute Gasteiger partial charge is 0.258 e. The van der Waals surface area contributed by atoms with Crippen LogP contribution in [0, 0.1) is 10.1 Å². The average Bonchev–Trinajstić information content (AvgIpc) is 2.52. The number of benzene rings is 2. The zero-order valence-corrected chi connectivity index (χ0v) is 13.5. The van der Waals surface area contributed by atoms with Crippen molar-refractivity contribution in [3.05, 3.63) is 57.7 Å². The van der Waals surface area contributed by atoms with Crippen LogP contribution >= 0.6 is 11.6 Å². The third-order valence-corrected chi connectivity index (χ3v) is 4.49. The quantitative estimate of drug-likeness (QED) is 0.561. The number of para-hydroxylation sites is 2. The van der Waals surface area contributed by atoms with Crippen LogP contribution in [0.15, 0.2) is 47.4 Å². The van der Waals surface area contributed by atoms with E-state index in [4.69, 9.17) is 16.7 Å². The fourth-order valence-electron chi connectivity index (χ4n) is 2.28. The zero-order valence-electron chi connectivity index (χ0n) is 11.9. The molecule has 0 bridgehead atoms. The summed E-state index contributed by atoms with van der Waals surface area (Å²) in [5.74, 6) is 0. The first-order valence-electron chi connectivity index (χ1n) is 6.52. The molecule has 3 aromatic rings. The third-order valence-electron chi connectivity index (χ3n) is 3.27. The molecule has 0 fully saturated rings. The Labute approximate surface area is 141 Å². The summed E-state index contributed by atoms with van der Waals surface area (Å²) >= 11 is 6.10. The van der Waals surface area contributed by atoms with Gasteiger partial charge in [0.2, 0.25) is 10.0 Å². The van der Waals surface area contributed by atoms with Gasteiger partial charge in [-0.3, -0.25) is 10.1 Å². The summed E-state index contributed by atoms with van der Waals surface area (Å²) in [5, 5.41) is 16.4. The second-order valence-electron chi connectivity index (χ2n) is 4.80. The van der Waals surface area contributed by atoms with Crippen molar-refractivity contribution in [2.45, 2.75) is 4.90 Å². The maximum absolute atomic E-state index is 11.8. The predicted octanol–water partition coefficient (Wildman–Crippen LogP) is 2.51. The molecule has 0 spiro atoms. The van der Waals surface area contributed by atoms with Gasteiger partial charge in [-0.2, -0.15) is 0 Å². The molecular formula is C14H9ClN4O4S. The highest BCUT2D eigenvalue weighted by molar-refractivity contribution is 7.89. The minimum Gasteiger partial charge on any atom is -0.258 e. The van der Waals surface area contributed by atoms with Crippen molar-refractivity contribution >= 4 is 38.3 Å². The van der Waals surface area contributed by atoms with Crippen LogP contribution in [0.25, 0.3) is 22.3 Å². The molecule has 3 rings (SSSR count). The number of nitro groups is 1. The summed E-state index contributed by atoms with van der Waals surface area (Å²) in [6.45, 7) is 0. The van der Waals surface area contributed by atoms with E-state index in [9.17, 15) is 18.5 Å². The Kier molecular flexibility index (Phi) is 3.91. The van der Waals surface area contributed by atoms with E-state index in [1.165, 1.54) is 6.07 Å². The minimum absolute atomic E-state index is 0.119. The number of halogens is 1. The van der Waals surface area contributed by atoms with E-state index in [0.29, 0.717) is 11.0 Å². The number of aromatic nitrogens is 2. The molecule has 0 amide bonds. The maximum atomic E-state index is 11.8. The van der Waals surface area contributed by atoms with E-state index < -0.39 is 25.5 Å². The molecule has 0 saturated carbocycles. The molecule has 122 valence electrons. The molecule has 10 heteroatoms. The lowest BCUT2D eigenvalue weighted by atomic mass is 10.1. The van der Waals surface area contributed by atoms with Gasteiger partial charge in [0.25, 0.3) is 5.69 Å². The highest BCUT2D eigenvalue weighted by Crippen LogP contribution is 2.37. The zero-order chi connectivity index (χ0) is 17.5. The van der Waals surface area contributed by atoms with E-state index in [2.05, 4.69) is 9.97 Å². The van der Waals surface area contributed by atoms with Crippen LogP contribution in [0.4, 0.5) is 5.69 Å². The van der Waals surface area contributed by atoms with E-state index in [1.54, 1.807) is 24.3 Å². The van der Waals surface area contributed by atoms with Gasteiger partial charge >= 0.3 is 0 Å². The van der Waals surface area contributed by atoms with Gasteiger partial charge in [-0.15, -0.1) is 0 Å². The predicted molar refractivity (Wildman–Crippen MR) is 88.0 cm³/mol. The van der Waals surface area contributed by atoms with Crippen molar-refractivity contribution in [3.63, 3.8) is 0 Å². The van der Waals surface area contributed by atoms with Crippen molar-refractivity contribution < 1.29 is 13.3 Å². The largest absolute Gasteiger partial charge is 0.280 e. The fraction of sp³-hybridized carbons (Fsp3) is 0. The Morgan fingerprint density at radius 2 is 1.67 bits per heavy atom. The molecule has 2 N–H and O–H groups in total. The van der Waals surface area contributed by atoms with Crippen LogP contribution in [0.2, 0.25) is 5.15 Å². The van der Waals surface area contributed by atoms with Gasteiger partial charge in [-0.05, 0) is 18.2 Å². The standard InChI is InChI=1S/C14H9ClN4O4S/c15-14-13(17-8-4-1-2-5-9(8)18-14)12-10(19(20)21)6-3-7-11(12)24(16,22)23/h1-7H,(H2,16,22,23). The lowest BCUT2D eigenvalue weighted by Crippen LogP contribution is -2.14. The highest BCUT2D eigenvalue weighted by atomic mass is 35.5. The minimum atomic E-state index is -4.24. The first-order valence-corrected chi connectivity index (χ1v) is 8.44. The third kappa shape index (κ3) is 2.80. The number of hydrogen-bond donors (Lipinski definition) is 1. The Balaban J connectivity index is 2.45. The Hall–Kier alpha value is -2.62. The summed E-state index contributed by atoms with van der Waals surface area (Å²) in [7, 11) is -4.24. The molecule has 0 aliphatic rings. The fourth-order valence-corrected chi connectivity index (χ4v) is 3.27. The van der Waals surface area contributed by atoms with E-state index in [-0.39, 0.29) is 16.4 Å². The molecular weight excluding hydrogens is 356 g/mol. The van der Waals surface area contributed by atoms with Gasteiger partial charge in [0.1, 0.15) is 11.3 Å². The number of primary sulfonamides is 1. The number of sulfonamides is 1. The SMILES string of the molecule is NS(=O)(=O)c1cccc([N+](=O)[O-])c1-c1nc2ccccc2nc1Cl. The van der Waals surface area contributed by atoms with Crippen LogP contribution in [0.5, 0.6) is 0 Å². The number of hydrogen-bond acceptors (Lipinski definition) is 6. The first-order chi connectivity index (χ1) is 11.3. The van der Waals surface area contributed by atoms with Crippen molar-refractivity contribution in [2.24, 2.45) is 5.14 Å². The molecule has 0 aliphatic carbocycles. The number of nitrogens with zero attached hydrogens (tertiary/aromatic N) is 3. The van der Waals surface area contributed by atoms with Crippen molar-refractivity contribution in [1.29, 1.82) is 0 Å². The molecule has 24 heavy (non-hydrogen) atoms. The van der Waals surface area contributed by atoms with Crippen LogP contribution in [0.1, 0.15) is 0 Å². The van der Waals surface area contributed by atoms with Crippen molar-refractivity contribution in [1.82, 2.24) is 9.97 Å². The summed E-state index contributed by atoms with van der Waals surface area (Å²) < 4.78 is 23.7. The first kappa shape index (κ1) is 16.2. The molecule has 0 unspecified atom stereocenters. The molecule has 0 aliphatic heterocycles. The maximum Gasteiger partial charge on any atom is 0.280 e. The van der Waals surface area contributed by atoms with E-state index >= 15 is 0 Å². The number of nitrogens with two attached hydrogens (primary N) is 1. The van der Waals surface area contributed by atoms with Gasteiger partial charge in [-0.25, -0.2) is 23.5 Å². The second kappa shape index (κ2) is 5.78. The average molecular weight is 365 g/mol. The normalized spacial score (nSPS) is 11.6. The summed E-state index contributed by atoms with van der Waals surface area (Å²) in [6.07, 6.45) is 0. The lowest BCUT2D eigenvalue weighted by Gasteiger charge is -2.10. The van der Waals surface area contributed by atoms with Crippen molar-refractivity contribution in [3.8, 4) is 11.3 Å². The highest BCUT2D eigenvalue weighted by Gasteiger charge is 2.28. The molecule has 0 radical (unpaired) electrons. The second-order valence-corrected chi connectivity index (χ2v) is 6.69. The van der Waals surface area contributed by atoms with Crippen LogP contribution in [0.3, 0.4) is 0 Å². The molecule has 1 heterocycles. The molecule has 1 aromatic heterocycles. The van der Waals surface area contributed by atoms with E-state index in [0.717, 1.165) is 12.1 Å². The summed E-state index contributed by atoms with van der Waals surface area (Å²) in [4.78, 5) is 18.5. The molecule has 0 atom stereocenters. The van der Waals surface area contributed by atoms with Crippen molar-refractivity contribution in [2.75, 3.05) is 0 Å². The summed E-state index contributed by atoms with van der Waals surface area (Å²) in [6, 6.07) is 10.3. The number of rotatable bonds is 3. The van der Waals surface area contributed by atoms with Gasteiger partial charge in [0.05, 0.1) is 20.9 Å². The van der Waals surface area contributed by atoms with Crippen LogP contribution in [-0.4, -0.2) is 23.3 Å². The van der Waals surface area contributed by atoms with Crippen LogP contribution < -0.4 is 5.14 Å². The summed E-state index contributed by atoms with van der Waals surface area (Å²) in [5.41, 5.74) is 0.00496. The molecule has 8 nitrogen and oxygen atoms in total. The Morgan fingerprint density at radius 3 is 2.25 bits per heavy atom. The topological polar surface area (TPSA) is 129 Å². The molecule has 0 saturated heterocycles. The number of fused-ring (bicyclic) bond motifs is 1. The van der Waals surface area contributed by atoms with Gasteiger partial charge in [-0.1, -0.05) is 29.8 Å². The number of nitro benzene ring substituents is 1. The Bertz CT molecular complexity index is 1090. The van der Waals surface area contributed by atoms with Gasteiger partial charge in [0, 0.05) is 6.07 Å². The van der Waals surface area contributed by atoms with Gasteiger partial charge in [0.15, 0.2) is 5.15 Å². The lowest BCUT2D eigenvalue weighted by molar-refractivity contribution is -0.384.